The van der Waals surface area contributed by atoms with E-state index in [2.05, 4.69) is 40.0 Å². The summed E-state index contributed by atoms with van der Waals surface area (Å²) < 4.78 is 6.69. The minimum Gasteiger partial charge on any atom is -0.455 e. The number of nitrogens with zero attached hydrogens (tertiary/aromatic N) is 6. The molecule has 0 aliphatic rings. The Balaban J connectivity index is 1.27. The van der Waals surface area contributed by atoms with Gasteiger partial charge in [-0.3, -0.25) is 0 Å². The fraction of sp³-hybridized carbons (Fsp3) is 0. The first kappa shape index (κ1) is 32.7. The summed E-state index contributed by atoms with van der Waals surface area (Å²) in [5.74, 6) is 1.71. The Kier molecular flexibility index (Phi) is 8.18. The molecule has 7 heteroatoms. The molecule has 55 heavy (non-hydrogen) atoms. The van der Waals surface area contributed by atoms with E-state index in [1.54, 1.807) is 24.3 Å². The van der Waals surface area contributed by atoms with Gasteiger partial charge in [-0.05, 0) is 64.2 Å². The van der Waals surface area contributed by atoms with Gasteiger partial charge in [0, 0.05) is 38.6 Å². The van der Waals surface area contributed by atoms with Crippen molar-refractivity contribution in [2.75, 3.05) is 0 Å². The first-order valence-electron chi connectivity index (χ1n) is 17.5. The third kappa shape index (κ3) is 5.93. The molecule has 0 atom stereocenters. The second-order valence-electron chi connectivity index (χ2n) is 12.9. The summed E-state index contributed by atoms with van der Waals surface area (Å²) >= 11 is 0. The Hall–Kier alpha value is -8.18. The predicted molar refractivity (Wildman–Crippen MR) is 217 cm³/mol. The number of hydrogen-bond acceptors (Lipinski definition) is 5. The molecule has 0 saturated carbocycles. The summed E-state index contributed by atoms with van der Waals surface area (Å²) in [6, 6.07) is 52.7. The van der Waals surface area contributed by atoms with Crippen molar-refractivity contribution in [2.45, 2.75) is 0 Å². The van der Waals surface area contributed by atoms with Crippen molar-refractivity contribution < 1.29 is 4.42 Å². The number of rotatable bonds is 6. The van der Waals surface area contributed by atoms with Crippen molar-refractivity contribution in [2.24, 2.45) is 0 Å². The van der Waals surface area contributed by atoms with Gasteiger partial charge < -0.3 is 4.42 Å². The molecule has 0 saturated heterocycles. The lowest BCUT2D eigenvalue weighted by Crippen LogP contribution is -2.00. The van der Waals surface area contributed by atoms with Gasteiger partial charge in [0.25, 0.3) is 0 Å². The van der Waals surface area contributed by atoms with Crippen LogP contribution in [0.4, 0.5) is 11.4 Å². The topological polar surface area (TPSA) is 84.3 Å². The molecule has 0 amide bonds. The lowest BCUT2D eigenvalue weighted by atomic mass is 9.92. The van der Waals surface area contributed by atoms with Crippen LogP contribution in [0.15, 0.2) is 162 Å². The molecule has 0 N–H and O–H groups in total. The number of para-hydroxylation sites is 1. The SMILES string of the molecule is [C-]#[N+]c1ccccc1-c1cc(-c2ccc(C#N)cc2[N+]#[C-])c2oc3cccc(-c4cccc(-c5nc(-c6ccccc6)nc(-c6ccccc6)n5)c4)c3c2c1. The molecule has 254 valence electrons. The third-order valence-electron chi connectivity index (χ3n) is 9.60. The second kappa shape index (κ2) is 13.7. The van der Waals surface area contributed by atoms with Crippen LogP contribution in [0.3, 0.4) is 0 Å². The van der Waals surface area contributed by atoms with Gasteiger partial charge in [0.15, 0.2) is 28.8 Å². The highest BCUT2D eigenvalue weighted by Gasteiger charge is 2.21. The van der Waals surface area contributed by atoms with Gasteiger partial charge in [0.1, 0.15) is 11.2 Å². The molecule has 7 aromatic carbocycles. The van der Waals surface area contributed by atoms with Crippen molar-refractivity contribution >= 4 is 33.3 Å². The second-order valence-corrected chi connectivity index (χ2v) is 12.9. The molecular formula is C48H26N6O. The summed E-state index contributed by atoms with van der Waals surface area (Å²) in [5, 5.41) is 11.3. The zero-order valence-corrected chi connectivity index (χ0v) is 29.1. The van der Waals surface area contributed by atoms with Gasteiger partial charge in [0.05, 0.1) is 19.2 Å². The van der Waals surface area contributed by atoms with E-state index in [0.717, 1.165) is 49.7 Å². The molecule has 9 aromatic rings. The van der Waals surface area contributed by atoms with Crippen molar-refractivity contribution in [3.05, 3.63) is 186 Å². The molecule has 2 aromatic heterocycles. The van der Waals surface area contributed by atoms with Crippen LogP contribution in [0.5, 0.6) is 0 Å². The maximum Gasteiger partial charge on any atom is 0.196 e. The lowest BCUT2D eigenvalue weighted by molar-refractivity contribution is 0.670. The number of nitriles is 1. The predicted octanol–water partition coefficient (Wildman–Crippen LogP) is 12.7. The van der Waals surface area contributed by atoms with E-state index in [1.165, 1.54) is 0 Å². The molecule has 0 aliphatic carbocycles. The molecule has 0 spiro atoms. The highest BCUT2D eigenvalue weighted by atomic mass is 16.3. The highest BCUT2D eigenvalue weighted by Crippen LogP contribution is 2.46. The quantitative estimate of drug-likeness (QED) is 0.161. The van der Waals surface area contributed by atoms with E-state index in [4.69, 9.17) is 32.5 Å². The third-order valence-corrected chi connectivity index (χ3v) is 9.60. The minimum absolute atomic E-state index is 0.339. The van der Waals surface area contributed by atoms with Crippen LogP contribution >= 0.6 is 0 Å². The average Bonchev–Trinajstić information content (AvgIpc) is 3.65. The van der Waals surface area contributed by atoms with Crippen molar-refractivity contribution in [3.8, 4) is 73.6 Å². The summed E-state index contributed by atoms with van der Waals surface area (Å²) in [5.41, 5.74) is 9.93. The van der Waals surface area contributed by atoms with E-state index in [-0.39, 0.29) is 0 Å². The maximum atomic E-state index is 9.59. The van der Waals surface area contributed by atoms with Crippen LogP contribution in [-0.4, -0.2) is 15.0 Å². The number of aromatic nitrogens is 3. The van der Waals surface area contributed by atoms with Crippen molar-refractivity contribution in [3.63, 3.8) is 0 Å². The van der Waals surface area contributed by atoms with Crippen LogP contribution in [0, 0.1) is 24.5 Å². The monoisotopic (exact) mass is 702 g/mol. The summed E-state index contributed by atoms with van der Waals surface area (Å²) in [6.45, 7) is 15.9. The van der Waals surface area contributed by atoms with Gasteiger partial charge in [-0.1, -0.05) is 121 Å². The van der Waals surface area contributed by atoms with Crippen LogP contribution in [0.2, 0.25) is 0 Å². The smallest absolute Gasteiger partial charge is 0.196 e. The molecule has 7 nitrogen and oxygen atoms in total. The van der Waals surface area contributed by atoms with Gasteiger partial charge in [-0.2, -0.15) is 5.26 Å². The maximum absolute atomic E-state index is 9.59. The lowest BCUT2D eigenvalue weighted by Gasteiger charge is -2.12. The van der Waals surface area contributed by atoms with Crippen LogP contribution in [-0.2, 0) is 0 Å². The van der Waals surface area contributed by atoms with Crippen LogP contribution in [0.1, 0.15) is 5.56 Å². The van der Waals surface area contributed by atoms with Gasteiger partial charge in [-0.25, -0.2) is 24.6 Å². The Morgan fingerprint density at radius 2 is 1.07 bits per heavy atom. The number of benzene rings is 7. The molecule has 0 fully saturated rings. The van der Waals surface area contributed by atoms with Crippen molar-refractivity contribution in [1.29, 1.82) is 5.26 Å². The Morgan fingerprint density at radius 1 is 0.473 bits per heavy atom. The molecule has 0 bridgehead atoms. The molecule has 0 aliphatic heterocycles. The summed E-state index contributed by atoms with van der Waals surface area (Å²) in [7, 11) is 0. The van der Waals surface area contributed by atoms with Gasteiger partial charge >= 0.3 is 0 Å². The highest BCUT2D eigenvalue weighted by molar-refractivity contribution is 6.17. The van der Waals surface area contributed by atoms with E-state index in [0.29, 0.717) is 56.7 Å². The largest absolute Gasteiger partial charge is 0.455 e. The van der Waals surface area contributed by atoms with Gasteiger partial charge in [-0.15, -0.1) is 0 Å². The van der Waals surface area contributed by atoms with Crippen LogP contribution in [0.25, 0.3) is 99.2 Å². The normalized spacial score (nSPS) is 10.9. The Labute approximate surface area is 316 Å². The zero-order valence-electron chi connectivity index (χ0n) is 29.1. The molecular weight excluding hydrogens is 677 g/mol. The van der Waals surface area contributed by atoms with Crippen molar-refractivity contribution in [1.82, 2.24) is 15.0 Å². The summed E-state index contributed by atoms with van der Waals surface area (Å²) in [6.07, 6.45) is 0. The fourth-order valence-corrected chi connectivity index (χ4v) is 7.02. The van der Waals surface area contributed by atoms with Crippen LogP contribution < -0.4 is 0 Å². The average molecular weight is 703 g/mol. The first-order valence-corrected chi connectivity index (χ1v) is 17.5. The Morgan fingerprint density at radius 3 is 1.76 bits per heavy atom. The number of furan rings is 1. The number of fused-ring (bicyclic) bond motifs is 3. The summed E-state index contributed by atoms with van der Waals surface area (Å²) in [4.78, 5) is 22.4. The molecule has 2 heterocycles. The van der Waals surface area contributed by atoms with E-state index < -0.39 is 0 Å². The first-order chi connectivity index (χ1) is 27.1. The molecule has 9 rings (SSSR count). The van der Waals surface area contributed by atoms with Gasteiger partial charge in [0.2, 0.25) is 0 Å². The van der Waals surface area contributed by atoms with E-state index in [9.17, 15) is 5.26 Å². The zero-order chi connectivity index (χ0) is 37.3. The molecule has 0 unspecified atom stereocenters. The van der Waals surface area contributed by atoms with E-state index >= 15 is 0 Å². The standard InChI is InChI=1S/C48H26N6O/c1-50-41-21-10-9-19-36(41)35-27-39(38-24-23-30(29-49)25-42(38)51-2)45-40(28-35)44-37(20-12-22-43(44)55-45)33-17-11-18-34(26-33)48-53-46(31-13-5-3-6-14-31)52-47(54-48)32-15-7-4-8-16-32/h3-28H. The molecule has 0 radical (unpaired) electrons. The Bertz CT molecular complexity index is 3020. The fourth-order valence-electron chi connectivity index (χ4n) is 7.02. The minimum atomic E-state index is 0.339. The number of hydrogen-bond donors (Lipinski definition) is 0. The van der Waals surface area contributed by atoms with E-state index in [1.807, 2.05) is 109 Å².